The highest BCUT2D eigenvalue weighted by Gasteiger charge is 2.34. The summed E-state index contributed by atoms with van der Waals surface area (Å²) in [5, 5.41) is 9.02. The fraction of sp³-hybridized carbons (Fsp3) is 0.235. The molecule has 1 aliphatic rings. The summed E-state index contributed by atoms with van der Waals surface area (Å²) in [6.45, 7) is 1.27. The molecule has 2 atom stereocenters. The standard InChI is InChI=1S/C34H33N5O3/c40-31(22-35-21-23-9-2-1-3-10-23)29(20-24-16-17-25-11-4-5-12-26(25)19-24)36-33(42)30-15-8-18-39(30)34-37-28-14-7-6-13-27(28)32(41)38-34/h1-7,9-14,16-17,19,29-30,35H,8,15,18,20-22H2,(H,36,42)(H,37,38,41)/t29-,30-/m0/s1. The third kappa shape index (κ3) is 6.09. The van der Waals surface area contributed by atoms with E-state index >= 15 is 0 Å². The molecule has 6 rings (SSSR count). The number of fused-ring (bicyclic) bond motifs is 2. The molecular formula is C34H33N5O3. The van der Waals surface area contributed by atoms with Crippen LogP contribution in [0.5, 0.6) is 0 Å². The molecule has 8 heteroatoms. The lowest BCUT2D eigenvalue weighted by atomic mass is 9.98. The number of rotatable bonds is 10. The van der Waals surface area contributed by atoms with Gasteiger partial charge in [0.05, 0.1) is 23.5 Å². The van der Waals surface area contributed by atoms with Gasteiger partial charge in [0, 0.05) is 13.1 Å². The summed E-state index contributed by atoms with van der Waals surface area (Å²) < 4.78 is 0. The molecule has 1 fully saturated rings. The fourth-order valence-corrected chi connectivity index (χ4v) is 5.67. The molecule has 0 saturated carbocycles. The molecule has 212 valence electrons. The zero-order chi connectivity index (χ0) is 28.9. The SMILES string of the molecule is O=C(CNCc1ccccc1)[C@H](Cc1ccc2ccccc2c1)NC(=O)[C@@H]1CCCN1c1nc2ccccc2c(=O)[nH]1. The van der Waals surface area contributed by atoms with Crippen molar-refractivity contribution >= 4 is 39.3 Å². The number of H-pyrrole nitrogens is 1. The van der Waals surface area contributed by atoms with Gasteiger partial charge in [-0.1, -0.05) is 84.9 Å². The smallest absolute Gasteiger partial charge is 0.260 e. The van der Waals surface area contributed by atoms with E-state index in [1.165, 1.54) is 0 Å². The first-order chi connectivity index (χ1) is 20.5. The number of aromatic nitrogens is 2. The molecule has 0 radical (unpaired) electrons. The van der Waals surface area contributed by atoms with Crippen LogP contribution < -0.4 is 21.1 Å². The Hall–Kier alpha value is -4.82. The zero-order valence-electron chi connectivity index (χ0n) is 23.3. The monoisotopic (exact) mass is 559 g/mol. The maximum absolute atomic E-state index is 13.7. The van der Waals surface area contributed by atoms with Crippen LogP contribution in [0.3, 0.4) is 0 Å². The molecule has 5 aromatic rings. The molecule has 0 bridgehead atoms. The summed E-state index contributed by atoms with van der Waals surface area (Å²) in [5.74, 6) is 0.0398. The molecule has 0 aliphatic carbocycles. The van der Waals surface area contributed by atoms with Gasteiger partial charge in [0.2, 0.25) is 11.9 Å². The Morgan fingerprint density at radius 2 is 1.67 bits per heavy atom. The summed E-state index contributed by atoms with van der Waals surface area (Å²) in [5.41, 5.74) is 2.39. The van der Waals surface area contributed by atoms with E-state index in [0.717, 1.165) is 28.3 Å². The number of nitrogens with zero attached hydrogens (tertiary/aromatic N) is 2. The lowest BCUT2D eigenvalue weighted by molar-refractivity contribution is -0.128. The normalized spacial score (nSPS) is 15.6. The van der Waals surface area contributed by atoms with Gasteiger partial charge < -0.3 is 15.5 Å². The average molecular weight is 560 g/mol. The second-order valence-corrected chi connectivity index (χ2v) is 10.8. The third-order valence-electron chi connectivity index (χ3n) is 7.86. The van der Waals surface area contributed by atoms with Crippen molar-refractivity contribution in [1.82, 2.24) is 20.6 Å². The van der Waals surface area contributed by atoms with E-state index in [0.29, 0.717) is 42.8 Å². The van der Waals surface area contributed by atoms with Gasteiger partial charge in [0.1, 0.15) is 6.04 Å². The second-order valence-electron chi connectivity index (χ2n) is 10.8. The summed E-state index contributed by atoms with van der Waals surface area (Å²) >= 11 is 0. The number of benzene rings is 4. The number of carbonyl (C=O) groups is 2. The van der Waals surface area contributed by atoms with Gasteiger partial charge in [-0.25, -0.2) is 4.98 Å². The number of amides is 1. The average Bonchev–Trinajstić information content (AvgIpc) is 3.52. The second kappa shape index (κ2) is 12.4. The van der Waals surface area contributed by atoms with Gasteiger partial charge in [-0.2, -0.15) is 0 Å². The molecule has 42 heavy (non-hydrogen) atoms. The Kier molecular flexibility index (Phi) is 8.05. The highest BCUT2D eigenvalue weighted by molar-refractivity contribution is 5.93. The lowest BCUT2D eigenvalue weighted by Gasteiger charge is -2.27. The number of carbonyl (C=O) groups excluding carboxylic acids is 2. The van der Waals surface area contributed by atoms with Crippen LogP contribution in [0.25, 0.3) is 21.7 Å². The highest BCUT2D eigenvalue weighted by Crippen LogP contribution is 2.24. The van der Waals surface area contributed by atoms with Crippen LogP contribution in [0.15, 0.2) is 102 Å². The summed E-state index contributed by atoms with van der Waals surface area (Å²) in [4.78, 5) is 49.4. The van der Waals surface area contributed by atoms with Crippen LogP contribution >= 0.6 is 0 Å². The lowest BCUT2D eigenvalue weighted by Crippen LogP contribution is -2.52. The highest BCUT2D eigenvalue weighted by atomic mass is 16.2. The first-order valence-electron chi connectivity index (χ1n) is 14.4. The van der Waals surface area contributed by atoms with E-state index in [-0.39, 0.29) is 23.8 Å². The number of Topliss-reactive ketones (excluding diaryl/α,β-unsaturated/α-hetero) is 1. The minimum absolute atomic E-state index is 0.0887. The number of anilines is 1. The number of ketones is 1. The minimum Gasteiger partial charge on any atom is -0.344 e. The first kappa shape index (κ1) is 27.4. The van der Waals surface area contributed by atoms with Crippen molar-refractivity contribution in [1.29, 1.82) is 0 Å². The first-order valence-corrected chi connectivity index (χ1v) is 14.4. The molecule has 8 nitrogen and oxygen atoms in total. The minimum atomic E-state index is -0.715. The Bertz CT molecular complexity index is 1790. The summed E-state index contributed by atoms with van der Waals surface area (Å²) in [7, 11) is 0. The van der Waals surface area contributed by atoms with Gasteiger partial charge >= 0.3 is 0 Å². The topological polar surface area (TPSA) is 107 Å². The zero-order valence-corrected chi connectivity index (χ0v) is 23.3. The van der Waals surface area contributed by atoms with E-state index < -0.39 is 12.1 Å². The van der Waals surface area contributed by atoms with E-state index in [1.54, 1.807) is 18.2 Å². The van der Waals surface area contributed by atoms with Gasteiger partial charge in [-0.05, 0) is 53.3 Å². The molecule has 1 aliphatic heterocycles. The molecule has 0 unspecified atom stereocenters. The van der Waals surface area contributed by atoms with Gasteiger partial charge in [0.15, 0.2) is 5.78 Å². The summed E-state index contributed by atoms with van der Waals surface area (Å²) in [6, 6.07) is 30.0. The molecular weight excluding hydrogens is 526 g/mol. The predicted molar refractivity (Wildman–Crippen MR) is 165 cm³/mol. The van der Waals surface area contributed by atoms with E-state index in [1.807, 2.05) is 71.6 Å². The van der Waals surface area contributed by atoms with E-state index in [2.05, 4.69) is 32.7 Å². The molecule has 1 amide bonds. The molecule has 0 spiro atoms. The van der Waals surface area contributed by atoms with Gasteiger partial charge in [0.25, 0.3) is 5.56 Å². The maximum atomic E-state index is 13.7. The number of hydrogen-bond acceptors (Lipinski definition) is 6. The van der Waals surface area contributed by atoms with Crippen molar-refractivity contribution in [3.05, 3.63) is 119 Å². The van der Waals surface area contributed by atoms with E-state index in [9.17, 15) is 14.4 Å². The molecule has 4 aromatic carbocycles. The van der Waals surface area contributed by atoms with Crippen molar-refractivity contribution in [2.75, 3.05) is 18.0 Å². The van der Waals surface area contributed by atoms with Crippen molar-refractivity contribution in [3.63, 3.8) is 0 Å². The van der Waals surface area contributed by atoms with Crippen LogP contribution in [0.2, 0.25) is 0 Å². The Labute approximate surface area is 243 Å². The number of para-hydroxylation sites is 1. The van der Waals surface area contributed by atoms with Crippen LogP contribution in [0.1, 0.15) is 24.0 Å². The fourth-order valence-electron chi connectivity index (χ4n) is 5.67. The molecule has 2 heterocycles. The largest absolute Gasteiger partial charge is 0.344 e. The third-order valence-corrected chi connectivity index (χ3v) is 7.86. The Morgan fingerprint density at radius 3 is 2.52 bits per heavy atom. The van der Waals surface area contributed by atoms with E-state index in [4.69, 9.17) is 0 Å². The van der Waals surface area contributed by atoms with Gasteiger partial charge in [-0.15, -0.1) is 0 Å². The molecule has 1 aromatic heterocycles. The van der Waals surface area contributed by atoms with Crippen molar-refractivity contribution in [3.8, 4) is 0 Å². The Balaban J connectivity index is 1.21. The van der Waals surface area contributed by atoms with Crippen molar-refractivity contribution in [2.24, 2.45) is 0 Å². The van der Waals surface area contributed by atoms with Crippen LogP contribution in [-0.2, 0) is 22.6 Å². The molecule has 1 saturated heterocycles. The maximum Gasteiger partial charge on any atom is 0.260 e. The molecule has 3 N–H and O–H groups in total. The van der Waals surface area contributed by atoms with Crippen molar-refractivity contribution in [2.45, 2.75) is 37.9 Å². The number of nitrogens with one attached hydrogen (secondary N) is 3. The summed E-state index contributed by atoms with van der Waals surface area (Å²) in [6.07, 6.45) is 1.75. The quantitative estimate of drug-likeness (QED) is 0.238. The van der Waals surface area contributed by atoms with Crippen LogP contribution in [0.4, 0.5) is 5.95 Å². The van der Waals surface area contributed by atoms with Crippen LogP contribution in [-0.4, -0.2) is 46.8 Å². The predicted octanol–water partition coefficient (Wildman–Crippen LogP) is 4.13. The number of aromatic amines is 1. The van der Waals surface area contributed by atoms with Crippen molar-refractivity contribution < 1.29 is 9.59 Å². The van der Waals surface area contributed by atoms with Crippen LogP contribution in [0, 0.1) is 0 Å². The number of hydrogen-bond donors (Lipinski definition) is 3. The van der Waals surface area contributed by atoms with Gasteiger partial charge in [-0.3, -0.25) is 19.4 Å². The Morgan fingerprint density at radius 1 is 0.905 bits per heavy atom.